The monoisotopic (exact) mass is 281 g/mol. The number of carbonyl (C=O) groups excluding carboxylic acids is 1. The SMILES string of the molecule is COCCN(C)CCNC(=O)c1cccc(N)c1OC. The molecule has 112 valence electrons. The summed E-state index contributed by atoms with van der Waals surface area (Å²) >= 11 is 0. The van der Waals surface area contributed by atoms with Gasteiger partial charge in [-0.2, -0.15) is 0 Å². The Hall–Kier alpha value is -1.79. The van der Waals surface area contributed by atoms with E-state index in [0.29, 0.717) is 30.2 Å². The molecule has 20 heavy (non-hydrogen) atoms. The predicted octanol–water partition coefficient (Wildman–Crippen LogP) is 0.585. The van der Waals surface area contributed by atoms with Gasteiger partial charge in [-0.25, -0.2) is 0 Å². The number of amides is 1. The van der Waals surface area contributed by atoms with E-state index in [1.54, 1.807) is 25.3 Å². The van der Waals surface area contributed by atoms with Crippen molar-refractivity contribution in [3.05, 3.63) is 23.8 Å². The molecule has 0 fully saturated rings. The van der Waals surface area contributed by atoms with Crippen LogP contribution >= 0.6 is 0 Å². The summed E-state index contributed by atoms with van der Waals surface area (Å²) in [6, 6.07) is 5.13. The molecule has 3 N–H and O–H groups in total. The van der Waals surface area contributed by atoms with E-state index in [9.17, 15) is 4.79 Å². The lowest BCUT2D eigenvalue weighted by Gasteiger charge is -2.16. The molecule has 0 heterocycles. The minimum Gasteiger partial charge on any atom is -0.494 e. The van der Waals surface area contributed by atoms with Crippen LogP contribution in [0.1, 0.15) is 10.4 Å². The number of likely N-dealkylation sites (N-methyl/N-ethyl adjacent to an activating group) is 1. The Bertz CT molecular complexity index is 438. The van der Waals surface area contributed by atoms with Gasteiger partial charge in [0.1, 0.15) is 0 Å². The van der Waals surface area contributed by atoms with Gasteiger partial charge < -0.3 is 25.4 Å². The first-order chi connectivity index (χ1) is 9.60. The van der Waals surface area contributed by atoms with E-state index >= 15 is 0 Å². The molecule has 0 aromatic heterocycles. The van der Waals surface area contributed by atoms with E-state index in [0.717, 1.165) is 13.1 Å². The van der Waals surface area contributed by atoms with Crippen LogP contribution in [0.15, 0.2) is 18.2 Å². The Labute approximate surface area is 119 Å². The number of hydrogen-bond donors (Lipinski definition) is 2. The van der Waals surface area contributed by atoms with Crippen molar-refractivity contribution in [2.24, 2.45) is 0 Å². The molecule has 0 atom stereocenters. The Morgan fingerprint density at radius 2 is 2.10 bits per heavy atom. The Morgan fingerprint density at radius 3 is 2.75 bits per heavy atom. The molecule has 1 aromatic carbocycles. The highest BCUT2D eigenvalue weighted by atomic mass is 16.5. The highest BCUT2D eigenvalue weighted by molar-refractivity contribution is 5.98. The molecular weight excluding hydrogens is 258 g/mol. The fourth-order valence-corrected chi connectivity index (χ4v) is 1.78. The molecule has 0 saturated heterocycles. The number of rotatable bonds is 8. The molecule has 6 nitrogen and oxygen atoms in total. The quantitative estimate of drug-likeness (QED) is 0.682. The predicted molar refractivity (Wildman–Crippen MR) is 79.1 cm³/mol. The second-order valence-corrected chi connectivity index (χ2v) is 4.48. The highest BCUT2D eigenvalue weighted by Crippen LogP contribution is 2.25. The van der Waals surface area contributed by atoms with E-state index in [1.165, 1.54) is 7.11 Å². The number of benzene rings is 1. The third-order valence-corrected chi connectivity index (χ3v) is 2.95. The summed E-state index contributed by atoms with van der Waals surface area (Å²) in [7, 11) is 5.15. The van der Waals surface area contributed by atoms with Gasteiger partial charge in [0.05, 0.1) is 25.0 Å². The zero-order valence-electron chi connectivity index (χ0n) is 12.3. The third kappa shape index (κ3) is 4.71. The maximum atomic E-state index is 12.1. The van der Waals surface area contributed by atoms with Gasteiger partial charge >= 0.3 is 0 Å². The van der Waals surface area contributed by atoms with Crippen LogP contribution in [0, 0.1) is 0 Å². The van der Waals surface area contributed by atoms with Crippen LogP contribution in [0.3, 0.4) is 0 Å². The van der Waals surface area contributed by atoms with Crippen LogP contribution in [0.2, 0.25) is 0 Å². The van der Waals surface area contributed by atoms with Gasteiger partial charge in [-0.05, 0) is 19.2 Å². The minimum atomic E-state index is -0.186. The molecule has 1 rings (SSSR count). The number of anilines is 1. The summed E-state index contributed by atoms with van der Waals surface area (Å²) in [5.41, 5.74) is 6.68. The molecule has 0 radical (unpaired) electrons. The number of nitrogens with two attached hydrogens (primary N) is 1. The Balaban J connectivity index is 2.49. The van der Waals surface area contributed by atoms with Crippen LogP contribution in [-0.2, 0) is 4.74 Å². The average molecular weight is 281 g/mol. The van der Waals surface area contributed by atoms with Gasteiger partial charge in [-0.3, -0.25) is 4.79 Å². The zero-order chi connectivity index (χ0) is 15.0. The van der Waals surface area contributed by atoms with E-state index in [2.05, 4.69) is 10.2 Å². The van der Waals surface area contributed by atoms with E-state index < -0.39 is 0 Å². The van der Waals surface area contributed by atoms with Crippen LogP contribution in [0.25, 0.3) is 0 Å². The second-order valence-electron chi connectivity index (χ2n) is 4.48. The maximum absolute atomic E-state index is 12.1. The largest absolute Gasteiger partial charge is 0.494 e. The molecule has 0 aliphatic rings. The molecule has 0 saturated carbocycles. The summed E-state index contributed by atoms with van der Waals surface area (Å²) in [6.45, 7) is 2.80. The Morgan fingerprint density at radius 1 is 1.35 bits per heavy atom. The van der Waals surface area contributed by atoms with Gasteiger partial charge in [0.25, 0.3) is 5.91 Å². The lowest BCUT2D eigenvalue weighted by molar-refractivity contribution is 0.0944. The molecule has 1 aromatic rings. The first-order valence-electron chi connectivity index (χ1n) is 6.48. The van der Waals surface area contributed by atoms with Crippen molar-refractivity contribution < 1.29 is 14.3 Å². The fraction of sp³-hybridized carbons (Fsp3) is 0.500. The third-order valence-electron chi connectivity index (χ3n) is 2.95. The van der Waals surface area contributed by atoms with Crippen molar-refractivity contribution in [1.82, 2.24) is 10.2 Å². The summed E-state index contributed by atoms with van der Waals surface area (Å²) < 4.78 is 10.2. The first kappa shape index (κ1) is 16.3. The summed E-state index contributed by atoms with van der Waals surface area (Å²) in [4.78, 5) is 14.2. The van der Waals surface area contributed by atoms with Gasteiger partial charge in [0, 0.05) is 26.7 Å². The topological polar surface area (TPSA) is 76.8 Å². The van der Waals surface area contributed by atoms with Gasteiger partial charge in [-0.15, -0.1) is 0 Å². The van der Waals surface area contributed by atoms with Crippen LogP contribution in [-0.4, -0.2) is 58.3 Å². The number of para-hydroxylation sites is 1. The number of nitrogens with zero attached hydrogens (tertiary/aromatic N) is 1. The zero-order valence-corrected chi connectivity index (χ0v) is 12.3. The number of methoxy groups -OCH3 is 2. The van der Waals surface area contributed by atoms with Crippen molar-refractivity contribution >= 4 is 11.6 Å². The minimum absolute atomic E-state index is 0.186. The van der Waals surface area contributed by atoms with Crippen molar-refractivity contribution in [3.63, 3.8) is 0 Å². The van der Waals surface area contributed by atoms with Crippen LogP contribution < -0.4 is 15.8 Å². The molecule has 0 aliphatic carbocycles. The van der Waals surface area contributed by atoms with Gasteiger partial charge in [-0.1, -0.05) is 6.07 Å². The normalized spacial score (nSPS) is 10.6. The van der Waals surface area contributed by atoms with E-state index in [-0.39, 0.29) is 5.91 Å². The number of nitrogen functional groups attached to an aromatic ring is 1. The molecule has 1 amide bonds. The van der Waals surface area contributed by atoms with Crippen molar-refractivity contribution in [2.45, 2.75) is 0 Å². The highest BCUT2D eigenvalue weighted by Gasteiger charge is 2.13. The standard InChI is InChI=1S/C14H23N3O3/c1-17(9-10-19-2)8-7-16-14(18)11-5-4-6-12(15)13(11)20-3/h4-6H,7-10,15H2,1-3H3,(H,16,18). The molecule has 0 bridgehead atoms. The summed E-state index contributed by atoms with van der Waals surface area (Å²) in [5, 5.41) is 2.85. The Kier molecular flexibility index (Phi) is 6.83. The van der Waals surface area contributed by atoms with Crippen molar-refractivity contribution in [2.75, 3.05) is 53.2 Å². The lowest BCUT2D eigenvalue weighted by atomic mass is 10.1. The average Bonchev–Trinajstić information content (AvgIpc) is 2.44. The fourth-order valence-electron chi connectivity index (χ4n) is 1.78. The molecular formula is C14H23N3O3. The first-order valence-corrected chi connectivity index (χ1v) is 6.48. The smallest absolute Gasteiger partial charge is 0.255 e. The molecule has 6 heteroatoms. The molecule has 0 unspecified atom stereocenters. The molecule has 0 aliphatic heterocycles. The summed E-state index contributed by atoms with van der Waals surface area (Å²) in [6.07, 6.45) is 0. The summed E-state index contributed by atoms with van der Waals surface area (Å²) in [5.74, 6) is 0.229. The van der Waals surface area contributed by atoms with Crippen molar-refractivity contribution in [3.8, 4) is 5.75 Å². The van der Waals surface area contributed by atoms with Gasteiger partial charge in [0.2, 0.25) is 0 Å². The van der Waals surface area contributed by atoms with Crippen LogP contribution in [0.4, 0.5) is 5.69 Å². The lowest BCUT2D eigenvalue weighted by Crippen LogP contribution is -2.34. The van der Waals surface area contributed by atoms with E-state index in [4.69, 9.17) is 15.2 Å². The maximum Gasteiger partial charge on any atom is 0.255 e. The van der Waals surface area contributed by atoms with Crippen LogP contribution in [0.5, 0.6) is 5.75 Å². The second kappa shape index (κ2) is 8.39. The number of nitrogens with one attached hydrogen (secondary N) is 1. The number of carbonyl (C=O) groups is 1. The molecule has 0 spiro atoms. The number of hydrogen-bond acceptors (Lipinski definition) is 5. The number of ether oxygens (including phenoxy) is 2. The van der Waals surface area contributed by atoms with Gasteiger partial charge in [0.15, 0.2) is 5.75 Å². The van der Waals surface area contributed by atoms with E-state index in [1.807, 2.05) is 7.05 Å². The van der Waals surface area contributed by atoms with Crippen molar-refractivity contribution in [1.29, 1.82) is 0 Å².